The van der Waals surface area contributed by atoms with Gasteiger partial charge in [0.15, 0.2) is 11.6 Å². The Morgan fingerprint density at radius 2 is 1.52 bits per heavy atom. The molecule has 0 N–H and O–H groups in total. The van der Waals surface area contributed by atoms with E-state index in [0.717, 1.165) is 55.6 Å². The molecule has 2 fully saturated rings. The Hall–Kier alpha value is -1.45. The Morgan fingerprint density at radius 3 is 2.11 bits per heavy atom. The normalized spacial score (nSPS) is 28.7. The van der Waals surface area contributed by atoms with Gasteiger partial charge in [-0.25, -0.2) is 8.78 Å². The molecule has 2 aliphatic rings. The van der Waals surface area contributed by atoms with Crippen LogP contribution >= 0.6 is 0 Å². The number of rotatable bonds is 6. The number of ether oxygens (including phenoxy) is 1. The van der Waals surface area contributed by atoms with Crippen LogP contribution in [0.1, 0.15) is 77.6 Å². The van der Waals surface area contributed by atoms with Gasteiger partial charge in [0, 0.05) is 6.07 Å². The maximum absolute atomic E-state index is 13.2. The van der Waals surface area contributed by atoms with Gasteiger partial charge in [-0.2, -0.15) is 0 Å². The number of esters is 1. The first kappa shape index (κ1) is 20.3. The van der Waals surface area contributed by atoms with Crippen LogP contribution in [-0.4, -0.2) is 5.97 Å². The van der Waals surface area contributed by atoms with E-state index in [1.807, 2.05) is 0 Å². The maximum Gasteiger partial charge on any atom is 0.314 e. The highest BCUT2D eigenvalue weighted by molar-refractivity contribution is 5.75. The highest BCUT2D eigenvalue weighted by Gasteiger charge is 2.30. The van der Waals surface area contributed by atoms with Crippen molar-refractivity contribution in [3.8, 4) is 5.75 Å². The molecule has 1 aromatic rings. The molecule has 3 rings (SSSR count). The molecule has 0 atom stereocenters. The predicted octanol–water partition coefficient (Wildman–Crippen LogP) is 6.67. The topological polar surface area (TPSA) is 26.3 Å². The van der Waals surface area contributed by atoms with Crippen molar-refractivity contribution in [2.24, 2.45) is 23.7 Å². The first-order chi connectivity index (χ1) is 13.0. The van der Waals surface area contributed by atoms with Crippen molar-refractivity contribution in [3.05, 3.63) is 29.8 Å². The minimum atomic E-state index is -0.988. The van der Waals surface area contributed by atoms with Gasteiger partial charge in [-0.3, -0.25) is 4.79 Å². The fourth-order valence-electron chi connectivity index (χ4n) is 5.01. The van der Waals surface area contributed by atoms with Crippen molar-refractivity contribution in [1.29, 1.82) is 0 Å². The number of carbonyl (C=O) groups is 1. The molecule has 1 aromatic carbocycles. The van der Waals surface area contributed by atoms with Crippen LogP contribution in [-0.2, 0) is 4.79 Å². The smallest absolute Gasteiger partial charge is 0.314 e. The zero-order valence-corrected chi connectivity index (χ0v) is 16.4. The summed E-state index contributed by atoms with van der Waals surface area (Å²) in [6, 6.07) is 3.23. The van der Waals surface area contributed by atoms with Crippen molar-refractivity contribution in [3.63, 3.8) is 0 Å². The molecular weight excluding hydrogens is 346 g/mol. The van der Waals surface area contributed by atoms with Gasteiger partial charge in [-0.15, -0.1) is 0 Å². The number of hydrogen-bond donors (Lipinski definition) is 0. The van der Waals surface area contributed by atoms with Gasteiger partial charge in [-0.05, 0) is 62.0 Å². The molecule has 0 radical (unpaired) electrons. The summed E-state index contributed by atoms with van der Waals surface area (Å²) in [6.07, 6.45) is 13.4. The van der Waals surface area contributed by atoms with E-state index < -0.39 is 11.6 Å². The average Bonchev–Trinajstić information content (AvgIpc) is 2.67. The average molecular weight is 379 g/mol. The van der Waals surface area contributed by atoms with Crippen molar-refractivity contribution in [2.45, 2.75) is 77.6 Å². The first-order valence-electron chi connectivity index (χ1n) is 10.7. The molecule has 0 aliphatic heterocycles. The summed E-state index contributed by atoms with van der Waals surface area (Å²) >= 11 is 0. The maximum atomic E-state index is 13.2. The summed E-state index contributed by atoms with van der Waals surface area (Å²) in [4.78, 5) is 12.3. The number of carbonyl (C=O) groups excluding carboxylic acids is 1. The van der Waals surface area contributed by atoms with Gasteiger partial charge in [0.2, 0.25) is 0 Å². The molecule has 0 bridgehead atoms. The lowest BCUT2D eigenvalue weighted by atomic mass is 9.72. The van der Waals surface area contributed by atoms with E-state index in [9.17, 15) is 13.6 Å². The SMILES string of the molecule is CCCC1CCC(CC2CCC(C(=O)Oc3ccc(F)c(F)c3)CC2)CC1. The van der Waals surface area contributed by atoms with E-state index in [1.54, 1.807) is 0 Å². The molecule has 0 heterocycles. The van der Waals surface area contributed by atoms with Crippen molar-refractivity contribution < 1.29 is 18.3 Å². The molecule has 2 saturated carbocycles. The molecule has 0 unspecified atom stereocenters. The highest BCUT2D eigenvalue weighted by Crippen LogP contribution is 2.39. The van der Waals surface area contributed by atoms with E-state index in [-0.39, 0.29) is 17.6 Å². The zero-order chi connectivity index (χ0) is 19.2. The van der Waals surface area contributed by atoms with E-state index in [2.05, 4.69) is 6.92 Å². The van der Waals surface area contributed by atoms with Crippen LogP contribution in [0.4, 0.5) is 8.78 Å². The predicted molar refractivity (Wildman–Crippen MR) is 102 cm³/mol. The number of hydrogen-bond acceptors (Lipinski definition) is 2. The van der Waals surface area contributed by atoms with Crippen LogP contribution in [0.2, 0.25) is 0 Å². The summed E-state index contributed by atoms with van der Waals surface area (Å²) in [6.45, 7) is 2.28. The van der Waals surface area contributed by atoms with E-state index >= 15 is 0 Å². The van der Waals surface area contributed by atoms with Gasteiger partial charge >= 0.3 is 5.97 Å². The van der Waals surface area contributed by atoms with Crippen LogP contribution in [0.15, 0.2) is 18.2 Å². The molecule has 0 aromatic heterocycles. The van der Waals surface area contributed by atoms with E-state index in [0.29, 0.717) is 0 Å². The summed E-state index contributed by atoms with van der Waals surface area (Å²) < 4.78 is 31.5. The van der Waals surface area contributed by atoms with Crippen LogP contribution in [0, 0.1) is 35.3 Å². The quantitative estimate of drug-likeness (QED) is 0.408. The molecule has 0 amide bonds. The zero-order valence-electron chi connectivity index (χ0n) is 16.4. The number of halogens is 2. The summed E-state index contributed by atoms with van der Waals surface area (Å²) in [5.74, 6) is 0.294. The minimum absolute atomic E-state index is 0.0878. The molecule has 4 heteroatoms. The Labute approximate surface area is 161 Å². The van der Waals surface area contributed by atoms with Crippen molar-refractivity contribution in [2.75, 3.05) is 0 Å². The van der Waals surface area contributed by atoms with Gasteiger partial charge < -0.3 is 4.74 Å². The second kappa shape index (κ2) is 9.66. The van der Waals surface area contributed by atoms with Gasteiger partial charge in [-0.1, -0.05) is 45.4 Å². The molecule has 150 valence electrons. The standard InChI is InChI=1S/C23H32F2O2/c1-2-3-16-4-6-17(7-5-16)14-18-8-10-19(11-9-18)23(26)27-20-12-13-21(24)22(25)15-20/h12-13,15-19H,2-11,14H2,1H3. The Balaban J connectivity index is 1.39. The van der Waals surface area contributed by atoms with Crippen molar-refractivity contribution in [1.82, 2.24) is 0 Å². The lowest BCUT2D eigenvalue weighted by Crippen LogP contribution is -2.27. The Bertz CT molecular complexity index is 615. The first-order valence-corrected chi connectivity index (χ1v) is 10.7. The van der Waals surface area contributed by atoms with Gasteiger partial charge in [0.05, 0.1) is 5.92 Å². The summed E-state index contributed by atoms with van der Waals surface area (Å²) in [7, 11) is 0. The molecule has 0 saturated heterocycles. The summed E-state index contributed by atoms with van der Waals surface area (Å²) in [5, 5.41) is 0. The monoisotopic (exact) mass is 378 g/mol. The third-order valence-electron chi connectivity index (χ3n) is 6.62. The third kappa shape index (κ3) is 5.76. The molecule has 27 heavy (non-hydrogen) atoms. The van der Waals surface area contributed by atoms with Crippen LogP contribution in [0.5, 0.6) is 5.75 Å². The third-order valence-corrected chi connectivity index (χ3v) is 6.62. The largest absolute Gasteiger partial charge is 0.426 e. The highest BCUT2D eigenvalue weighted by atomic mass is 19.2. The summed E-state index contributed by atoms with van der Waals surface area (Å²) in [5.41, 5.74) is 0. The molecule has 2 aliphatic carbocycles. The fraction of sp³-hybridized carbons (Fsp3) is 0.696. The molecular formula is C23H32F2O2. The Morgan fingerprint density at radius 1 is 0.926 bits per heavy atom. The molecule has 0 spiro atoms. The number of benzene rings is 1. The van der Waals surface area contributed by atoms with Crippen molar-refractivity contribution >= 4 is 5.97 Å². The Kier molecular flexibility index (Phi) is 7.26. The van der Waals surface area contributed by atoms with Gasteiger partial charge in [0.1, 0.15) is 5.75 Å². The fourth-order valence-corrected chi connectivity index (χ4v) is 5.01. The van der Waals surface area contributed by atoms with Gasteiger partial charge in [0.25, 0.3) is 0 Å². The lowest BCUT2D eigenvalue weighted by molar-refractivity contribution is -0.140. The second-order valence-corrected chi connectivity index (χ2v) is 8.63. The minimum Gasteiger partial charge on any atom is -0.426 e. The molecule has 2 nitrogen and oxygen atoms in total. The lowest BCUT2D eigenvalue weighted by Gasteiger charge is -2.33. The van der Waals surface area contributed by atoms with Crippen LogP contribution in [0.3, 0.4) is 0 Å². The second-order valence-electron chi connectivity index (χ2n) is 8.63. The van der Waals surface area contributed by atoms with Crippen LogP contribution in [0.25, 0.3) is 0 Å². The van der Waals surface area contributed by atoms with E-state index in [1.165, 1.54) is 51.0 Å². The van der Waals surface area contributed by atoms with Crippen LogP contribution < -0.4 is 4.74 Å². The van der Waals surface area contributed by atoms with E-state index in [4.69, 9.17) is 4.74 Å².